The standard InChI is InChI=1S/C9H7BrN2OS/c1-5-2-6(4-7(10)3-5)8-11-12-9(14)13-8/h2-4H,1H3,(H,12,14). The average Bonchev–Trinajstić information content (AvgIpc) is 2.50. The number of nitrogens with zero attached hydrogens (tertiary/aromatic N) is 1. The number of rotatable bonds is 1. The van der Waals surface area contributed by atoms with Gasteiger partial charge in [-0.05, 0) is 42.9 Å². The normalized spacial score (nSPS) is 10.4. The van der Waals surface area contributed by atoms with Crippen LogP contribution in [0, 0.1) is 11.8 Å². The summed E-state index contributed by atoms with van der Waals surface area (Å²) < 4.78 is 6.20. The fraction of sp³-hybridized carbons (Fsp3) is 0.111. The summed E-state index contributed by atoms with van der Waals surface area (Å²) in [6, 6.07) is 5.94. The van der Waals surface area contributed by atoms with Crippen LogP contribution in [0.25, 0.3) is 11.5 Å². The minimum absolute atomic E-state index is 0.289. The monoisotopic (exact) mass is 270 g/mol. The molecule has 0 amide bonds. The van der Waals surface area contributed by atoms with E-state index in [4.69, 9.17) is 16.6 Å². The number of aryl methyl sites for hydroxylation is 1. The van der Waals surface area contributed by atoms with Crippen molar-refractivity contribution in [1.82, 2.24) is 10.2 Å². The summed E-state index contributed by atoms with van der Waals surface area (Å²) in [5.74, 6) is 0.513. The molecular formula is C9H7BrN2OS. The van der Waals surface area contributed by atoms with Gasteiger partial charge in [0.2, 0.25) is 5.89 Å². The smallest absolute Gasteiger partial charge is 0.284 e. The van der Waals surface area contributed by atoms with E-state index in [9.17, 15) is 0 Å². The largest absolute Gasteiger partial charge is 0.409 e. The van der Waals surface area contributed by atoms with E-state index in [0.717, 1.165) is 15.6 Å². The highest BCUT2D eigenvalue weighted by molar-refractivity contribution is 9.10. The van der Waals surface area contributed by atoms with E-state index in [1.165, 1.54) is 0 Å². The van der Waals surface area contributed by atoms with Gasteiger partial charge in [0.05, 0.1) is 0 Å². The molecule has 5 heteroatoms. The van der Waals surface area contributed by atoms with Crippen molar-refractivity contribution in [2.45, 2.75) is 6.92 Å². The molecule has 0 aliphatic rings. The molecule has 0 saturated carbocycles. The van der Waals surface area contributed by atoms with Gasteiger partial charge in [-0.3, -0.25) is 0 Å². The van der Waals surface area contributed by atoms with Crippen molar-refractivity contribution in [3.8, 4) is 11.5 Å². The highest BCUT2D eigenvalue weighted by Crippen LogP contribution is 2.23. The van der Waals surface area contributed by atoms with Gasteiger partial charge in [0.25, 0.3) is 4.84 Å². The number of hydrogen-bond donors (Lipinski definition) is 1. The second-order valence-electron chi connectivity index (χ2n) is 2.94. The number of aromatic amines is 1. The van der Waals surface area contributed by atoms with Gasteiger partial charge in [-0.25, -0.2) is 5.10 Å². The fourth-order valence-electron chi connectivity index (χ4n) is 1.21. The Hall–Kier alpha value is -0.940. The van der Waals surface area contributed by atoms with Crippen LogP contribution in [0.5, 0.6) is 0 Å². The Morgan fingerprint density at radius 2 is 2.21 bits per heavy atom. The van der Waals surface area contributed by atoms with Crippen molar-refractivity contribution < 1.29 is 4.42 Å². The molecular weight excluding hydrogens is 264 g/mol. The first-order valence-corrected chi connectivity index (χ1v) is 5.18. The number of aromatic nitrogens is 2. The zero-order valence-corrected chi connectivity index (χ0v) is 9.78. The number of halogens is 1. The summed E-state index contributed by atoms with van der Waals surface area (Å²) >= 11 is 8.21. The molecule has 0 radical (unpaired) electrons. The van der Waals surface area contributed by atoms with Crippen LogP contribution in [-0.4, -0.2) is 10.2 Å². The number of hydrogen-bond acceptors (Lipinski definition) is 3. The van der Waals surface area contributed by atoms with Crippen LogP contribution in [-0.2, 0) is 0 Å². The summed E-state index contributed by atoms with van der Waals surface area (Å²) in [6.45, 7) is 2.01. The van der Waals surface area contributed by atoms with Crippen LogP contribution < -0.4 is 0 Å². The highest BCUT2D eigenvalue weighted by Gasteiger charge is 2.04. The maximum atomic E-state index is 5.21. The molecule has 0 unspecified atom stereocenters. The molecule has 0 spiro atoms. The fourth-order valence-corrected chi connectivity index (χ4v) is 1.95. The van der Waals surface area contributed by atoms with Gasteiger partial charge in [0, 0.05) is 10.0 Å². The van der Waals surface area contributed by atoms with Crippen LogP contribution in [0.2, 0.25) is 0 Å². The predicted molar refractivity (Wildman–Crippen MR) is 59.6 cm³/mol. The second-order valence-corrected chi connectivity index (χ2v) is 4.22. The van der Waals surface area contributed by atoms with Gasteiger partial charge < -0.3 is 4.42 Å². The minimum Gasteiger partial charge on any atom is -0.409 e. The quantitative estimate of drug-likeness (QED) is 0.807. The van der Waals surface area contributed by atoms with Crippen molar-refractivity contribution >= 4 is 28.1 Å². The molecule has 0 bridgehead atoms. The summed E-state index contributed by atoms with van der Waals surface area (Å²) in [6.07, 6.45) is 0. The van der Waals surface area contributed by atoms with E-state index in [2.05, 4.69) is 26.1 Å². The number of benzene rings is 1. The Kier molecular flexibility index (Phi) is 2.52. The summed E-state index contributed by atoms with van der Waals surface area (Å²) in [7, 11) is 0. The topological polar surface area (TPSA) is 41.8 Å². The third-order valence-electron chi connectivity index (χ3n) is 1.73. The first-order chi connectivity index (χ1) is 6.65. The van der Waals surface area contributed by atoms with Gasteiger partial charge in [0.1, 0.15) is 0 Å². The van der Waals surface area contributed by atoms with Gasteiger partial charge in [0.15, 0.2) is 0 Å². The lowest BCUT2D eigenvalue weighted by molar-refractivity contribution is 0.552. The predicted octanol–water partition coefficient (Wildman–Crippen LogP) is 3.47. The Bertz CT molecular complexity index is 497. The van der Waals surface area contributed by atoms with Crippen LogP contribution in [0.15, 0.2) is 27.1 Å². The van der Waals surface area contributed by atoms with E-state index in [1.807, 2.05) is 25.1 Å². The van der Waals surface area contributed by atoms with Crippen molar-refractivity contribution in [3.63, 3.8) is 0 Å². The van der Waals surface area contributed by atoms with Crippen molar-refractivity contribution in [2.24, 2.45) is 0 Å². The Labute approximate surface area is 94.3 Å². The van der Waals surface area contributed by atoms with E-state index in [0.29, 0.717) is 5.89 Å². The first-order valence-electron chi connectivity index (χ1n) is 3.98. The van der Waals surface area contributed by atoms with E-state index in [-0.39, 0.29) is 4.84 Å². The van der Waals surface area contributed by atoms with E-state index < -0.39 is 0 Å². The first kappa shape index (κ1) is 9.61. The van der Waals surface area contributed by atoms with Crippen molar-refractivity contribution in [3.05, 3.63) is 33.1 Å². The third-order valence-corrected chi connectivity index (χ3v) is 2.36. The van der Waals surface area contributed by atoms with E-state index >= 15 is 0 Å². The molecule has 0 fully saturated rings. The molecule has 1 heterocycles. The maximum absolute atomic E-state index is 5.21. The molecule has 0 saturated heterocycles. The van der Waals surface area contributed by atoms with Gasteiger partial charge >= 0.3 is 0 Å². The average molecular weight is 271 g/mol. The van der Waals surface area contributed by atoms with Gasteiger partial charge in [-0.15, -0.1) is 5.10 Å². The molecule has 1 aromatic heterocycles. The van der Waals surface area contributed by atoms with Gasteiger partial charge in [-0.1, -0.05) is 15.9 Å². The van der Waals surface area contributed by atoms with Crippen LogP contribution in [0.4, 0.5) is 0 Å². The molecule has 14 heavy (non-hydrogen) atoms. The lowest BCUT2D eigenvalue weighted by atomic mass is 10.1. The molecule has 1 aromatic carbocycles. The Morgan fingerprint density at radius 3 is 2.79 bits per heavy atom. The molecule has 0 aliphatic carbocycles. The van der Waals surface area contributed by atoms with Gasteiger partial charge in [-0.2, -0.15) is 0 Å². The molecule has 0 aliphatic heterocycles. The Balaban J connectivity index is 2.56. The lowest BCUT2D eigenvalue weighted by Gasteiger charge is -1.98. The molecule has 3 nitrogen and oxygen atoms in total. The summed E-state index contributed by atoms with van der Waals surface area (Å²) in [5, 5.41) is 6.54. The van der Waals surface area contributed by atoms with Crippen molar-refractivity contribution in [2.75, 3.05) is 0 Å². The SMILES string of the molecule is Cc1cc(Br)cc(-c2n[nH]c(=S)o2)c1. The second kappa shape index (κ2) is 3.67. The molecule has 2 rings (SSSR count). The number of nitrogens with one attached hydrogen (secondary N) is 1. The minimum atomic E-state index is 0.289. The summed E-state index contributed by atoms with van der Waals surface area (Å²) in [4.78, 5) is 0.289. The van der Waals surface area contributed by atoms with Crippen LogP contribution in [0.3, 0.4) is 0 Å². The zero-order chi connectivity index (χ0) is 10.1. The lowest BCUT2D eigenvalue weighted by Crippen LogP contribution is -1.80. The molecule has 2 aromatic rings. The summed E-state index contributed by atoms with van der Waals surface area (Å²) in [5.41, 5.74) is 2.04. The highest BCUT2D eigenvalue weighted by atomic mass is 79.9. The molecule has 72 valence electrons. The maximum Gasteiger partial charge on any atom is 0.284 e. The van der Waals surface area contributed by atoms with Crippen LogP contribution >= 0.6 is 28.1 Å². The van der Waals surface area contributed by atoms with Crippen LogP contribution in [0.1, 0.15) is 5.56 Å². The zero-order valence-electron chi connectivity index (χ0n) is 7.37. The Morgan fingerprint density at radius 1 is 1.43 bits per heavy atom. The molecule has 1 N–H and O–H groups in total. The third kappa shape index (κ3) is 1.93. The van der Waals surface area contributed by atoms with E-state index in [1.54, 1.807) is 0 Å². The van der Waals surface area contributed by atoms with Crippen molar-refractivity contribution in [1.29, 1.82) is 0 Å². The molecule has 0 atom stereocenters. The number of H-pyrrole nitrogens is 1.